The molecule has 0 aromatic carbocycles. The van der Waals surface area contributed by atoms with Crippen molar-refractivity contribution in [2.24, 2.45) is 4.99 Å². The Morgan fingerprint density at radius 2 is 2.25 bits per heavy atom. The van der Waals surface area contributed by atoms with Crippen LogP contribution >= 0.6 is 0 Å². The predicted molar refractivity (Wildman–Crippen MR) is 72.8 cm³/mol. The molecule has 0 saturated heterocycles. The molecule has 0 bridgehead atoms. The van der Waals surface area contributed by atoms with Crippen molar-refractivity contribution in [3.8, 4) is 0 Å². The number of allylic oxidation sites excluding steroid dienone is 7. The molecule has 1 heteroatoms. The molecule has 86 valence electrons. The second-order valence-electron chi connectivity index (χ2n) is 4.00. The van der Waals surface area contributed by atoms with Gasteiger partial charge >= 0.3 is 0 Å². The molecule has 0 heterocycles. The second-order valence-corrected chi connectivity index (χ2v) is 4.00. The van der Waals surface area contributed by atoms with Crippen LogP contribution in [0.25, 0.3) is 0 Å². The highest BCUT2D eigenvalue weighted by Crippen LogP contribution is 2.28. The highest BCUT2D eigenvalue weighted by molar-refractivity contribution is 5.56. The van der Waals surface area contributed by atoms with Crippen LogP contribution in [0.3, 0.4) is 0 Å². The number of hydrogen-bond donors (Lipinski definition) is 0. The van der Waals surface area contributed by atoms with Gasteiger partial charge in [0, 0.05) is 12.4 Å². The van der Waals surface area contributed by atoms with E-state index < -0.39 is 0 Å². The summed E-state index contributed by atoms with van der Waals surface area (Å²) in [6.45, 7) is 8.46. The van der Waals surface area contributed by atoms with Gasteiger partial charge in [0.25, 0.3) is 0 Å². The number of rotatable bonds is 3. The van der Waals surface area contributed by atoms with E-state index in [1.165, 1.54) is 22.3 Å². The quantitative estimate of drug-likeness (QED) is 0.610. The fourth-order valence-electron chi connectivity index (χ4n) is 2.03. The monoisotopic (exact) mass is 215 g/mol. The van der Waals surface area contributed by atoms with Crippen LogP contribution < -0.4 is 0 Å². The van der Waals surface area contributed by atoms with E-state index in [4.69, 9.17) is 0 Å². The zero-order valence-corrected chi connectivity index (χ0v) is 10.7. The molecule has 0 atom stereocenters. The molecule has 0 aliphatic heterocycles. The van der Waals surface area contributed by atoms with Crippen molar-refractivity contribution >= 4 is 6.21 Å². The molecule has 0 unspecified atom stereocenters. The van der Waals surface area contributed by atoms with Crippen LogP contribution in [-0.2, 0) is 0 Å². The van der Waals surface area contributed by atoms with E-state index in [0.29, 0.717) is 0 Å². The lowest BCUT2D eigenvalue weighted by Gasteiger charge is -2.12. The molecule has 0 aromatic heterocycles. The van der Waals surface area contributed by atoms with Gasteiger partial charge in [-0.1, -0.05) is 25.2 Å². The minimum absolute atomic E-state index is 1.04. The van der Waals surface area contributed by atoms with Crippen molar-refractivity contribution in [2.75, 3.05) is 0 Å². The van der Waals surface area contributed by atoms with Crippen molar-refractivity contribution in [3.63, 3.8) is 0 Å². The Morgan fingerprint density at radius 3 is 2.88 bits per heavy atom. The Kier molecular flexibility index (Phi) is 4.97. The van der Waals surface area contributed by atoms with Crippen molar-refractivity contribution in [2.45, 2.75) is 40.5 Å². The number of hydrogen-bond acceptors (Lipinski definition) is 1. The van der Waals surface area contributed by atoms with Crippen LogP contribution in [0, 0.1) is 0 Å². The first-order chi connectivity index (χ1) is 7.70. The summed E-state index contributed by atoms with van der Waals surface area (Å²) < 4.78 is 0. The van der Waals surface area contributed by atoms with E-state index in [9.17, 15) is 0 Å². The Balaban J connectivity index is 3.18. The first kappa shape index (κ1) is 12.7. The maximum absolute atomic E-state index is 4.21. The van der Waals surface area contributed by atoms with E-state index in [2.05, 4.69) is 44.0 Å². The highest BCUT2D eigenvalue weighted by atomic mass is 14.7. The summed E-state index contributed by atoms with van der Waals surface area (Å²) in [6, 6.07) is 0. The lowest BCUT2D eigenvalue weighted by molar-refractivity contribution is 1.08. The van der Waals surface area contributed by atoms with Crippen LogP contribution in [0.2, 0.25) is 0 Å². The Labute approximate surface area is 99.0 Å². The second kappa shape index (κ2) is 6.26. The smallest absolute Gasteiger partial charge is 0.0299 e. The number of nitrogens with zero attached hydrogens (tertiary/aromatic N) is 1. The molecule has 0 spiro atoms. The summed E-state index contributed by atoms with van der Waals surface area (Å²) >= 11 is 0. The lowest BCUT2D eigenvalue weighted by atomic mass is 9.93. The van der Waals surface area contributed by atoms with E-state index in [0.717, 1.165) is 12.8 Å². The third-order valence-electron chi connectivity index (χ3n) is 2.78. The van der Waals surface area contributed by atoms with E-state index >= 15 is 0 Å². The minimum Gasteiger partial charge on any atom is -0.269 e. The van der Waals surface area contributed by atoms with Gasteiger partial charge in [-0.2, -0.15) is 0 Å². The van der Waals surface area contributed by atoms with Gasteiger partial charge in [0.15, 0.2) is 0 Å². The summed E-state index contributed by atoms with van der Waals surface area (Å²) in [5.74, 6) is 0. The van der Waals surface area contributed by atoms with Gasteiger partial charge in [0.05, 0.1) is 0 Å². The lowest BCUT2D eigenvalue weighted by Crippen LogP contribution is -1.93. The van der Waals surface area contributed by atoms with Gasteiger partial charge in [-0.25, -0.2) is 0 Å². The summed E-state index contributed by atoms with van der Waals surface area (Å²) in [6.07, 6.45) is 12.6. The third kappa shape index (κ3) is 3.06. The van der Waals surface area contributed by atoms with Gasteiger partial charge in [0.1, 0.15) is 0 Å². The molecule has 0 N–H and O–H groups in total. The molecule has 0 aromatic rings. The fourth-order valence-corrected chi connectivity index (χ4v) is 2.03. The molecule has 1 nitrogen and oxygen atoms in total. The Morgan fingerprint density at radius 1 is 1.50 bits per heavy atom. The van der Waals surface area contributed by atoms with E-state index in [-0.39, 0.29) is 0 Å². The van der Waals surface area contributed by atoms with Crippen LogP contribution in [0.15, 0.2) is 51.7 Å². The number of aliphatic imine (C=N–C) groups is 1. The zero-order chi connectivity index (χ0) is 12.0. The molecular formula is C15H21N. The van der Waals surface area contributed by atoms with E-state index in [1.807, 2.05) is 19.3 Å². The topological polar surface area (TPSA) is 12.4 Å². The highest BCUT2D eigenvalue weighted by Gasteiger charge is 2.09. The van der Waals surface area contributed by atoms with Crippen LogP contribution in [0.5, 0.6) is 0 Å². The Bertz CT molecular complexity index is 390. The first-order valence-electron chi connectivity index (χ1n) is 5.92. The largest absolute Gasteiger partial charge is 0.269 e. The molecule has 0 saturated carbocycles. The zero-order valence-electron chi connectivity index (χ0n) is 10.7. The molecule has 0 fully saturated rings. The van der Waals surface area contributed by atoms with Crippen molar-refractivity contribution < 1.29 is 0 Å². The van der Waals surface area contributed by atoms with Crippen LogP contribution in [0.4, 0.5) is 0 Å². The van der Waals surface area contributed by atoms with E-state index in [1.54, 1.807) is 0 Å². The molecule has 0 amide bonds. The summed E-state index contributed by atoms with van der Waals surface area (Å²) in [5, 5.41) is 0. The van der Waals surface area contributed by atoms with Gasteiger partial charge in [-0.05, 0) is 55.9 Å². The average molecular weight is 215 g/mol. The van der Waals surface area contributed by atoms with Crippen LogP contribution in [-0.4, -0.2) is 6.21 Å². The molecule has 16 heavy (non-hydrogen) atoms. The molecule has 1 aliphatic carbocycles. The van der Waals surface area contributed by atoms with Crippen LogP contribution in [0.1, 0.15) is 40.5 Å². The summed E-state index contributed by atoms with van der Waals surface area (Å²) in [7, 11) is 0. The van der Waals surface area contributed by atoms with Gasteiger partial charge in [-0.15, -0.1) is 0 Å². The standard InChI is InChI=1S/C15H21N/c1-5-14-10-8-7-9-12(3)15(14)13(4)11-16-6-2/h6-7,9-11H,5,8H2,1-4H3/b13-11+,16-6-. The normalized spacial score (nSPS) is 18.0. The summed E-state index contributed by atoms with van der Waals surface area (Å²) in [4.78, 5) is 4.21. The first-order valence-corrected chi connectivity index (χ1v) is 5.92. The SMILES string of the molecule is C/C=N\C=C(/C)C1=C(C)C=CCC=C1CC. The van der Waals surface area contributed by atoms with Gasteiger partial charge in [-0.3, -0.25) is 4.99 Å². The molecule has 1 aliphatic rings. The van der Waals surface area contributed by atoms with Gasteiger partial charge < -0.3 is 0 Å². The summed E-state index contributed by atoms with van der Waals surface area (Å²) in [5.41, 5.74) is 5.38. The minimum atomic E-state index is 1.04. The van der Waals surface area contributed by atoms with Crippen molar-refractivity contribution in [1.82, 2.24) is 0 Å². The van der Waals surface area contributed by atoms with Crippen molar-refractivity contribution in [1.29, 1.82) is 0 Å². The molecular weight excluding hydrogens is 194 g/mol. The molecule has 0 radical (unpaired) electrons. The average Bonchev–Trinajstić information content (AvgIpc) is 2.47. The molecule has 1 rings (SSSR count). The van der Waals surface area contributed by atoms with Gasteiger partial charge in [0.2, 0.25) is 0 Å². The third-order valence-corrected chi connectivity index (χ3v) is 2.78. The Hall–Kier alpha value is -1.37. The maximum atomic E-state index is 4.21. The maximum Gasteiger partial charge on any atom is 0.0299 e. The predicted octanol–water partition coefficient (Wildman–Crippen LogP) is 4.59. The fraction of sp³-hybridized carbons (Fsp3) is 0.400. The van der Waals surface area contributed by atoms with Crippen molar-refractivity contribution in [3.05, 3.63) is 46.7 Å².